The van der Waals surface area contributed by atoms with Crippen molar-refractivity contribution in [1.29, 1.82) is 0 Å². The van der Waals surface area contributed by atoms with Gasteiger partial charge < -0.3 is 4.90 Å². The zero-order chi connectivity index (χ0) is 13.6. The lowest BCUT2D eigenvalue weighted by Crippen LogP contribution is -2.40. The summed E-state index contributed by atoms with van der Waals surface area (Å²) in [6, 6.07) is 0. The van der Waals surface area contributed by atoms with E-state index in [9.17, 15) is 8.78 Å². The molecule has 0 spiro atoms. The van der Waals surface area contributed by atoms with Crippen molar-refractivity contribution in [3.8, 4) is 0 Å². The van der Waals surface area contributed by atoms with Crippen LogP contribution in [0.3, 0.4) is 0 Å². The van der Waals surface area contributed by atoms with Crippen LogP contribution in [0.1, 0.15) is 24.1 Å². The maximum absolute atomic E-state index is 13.3. The Morgan fingerprint density at radius 2 is 1.89 bits per heavy atom. The zero-order valence-electron chi connectivity index (χ0n) is 10.9. The van der Waals surface area contributed by atoms with E-state index in [1.165, 1.54) is 6.33 Å². The summed E-state index contributed by atoms with van der Waals surface area (Å²) >= 11 is 0. The highest BCUT2D eigenvalue weighted by atomic mass is 19.3. The normalized spacial score (nSPS) is 19.1. The molecule has 2 aromatic rings. The predicted molar refractivity (Wildman–Crippen MR) is 66.7 cm³/mol. The first-order valence-electron chi connectivity index (χ1n) is 6.28. The molecule has 0 amide bonds. The van der Waals surface area contributed by atoms with E-state index in [4.69, 9.17) is 0 Å². The summed E-state index contributed by atoms with van der Waals surface area (Å²) in [6.07, 6.45) is 1.19. The molecule has 2 aromatic heterocycles. The first-order valence-corrected chi connectivity index (χ1v) is 6.28. The molecule has 0 saturated carbocycles. The van der Waals surface area contributed by atoms with Gasteiger partial charge in [-0.1, -0.05) is 0 Å². The highest BCUT2D eigenvalue weighted by Gasteiger charge is 2.35. The highest BCUT2D eigenvalue weighted by Crippen LogP contribution is 2.32. The van der Waals surface area contributed by atoms with Gasteiger partial charge in [-0.05, 0) is 13.8 Å². The fourth-order valence-electron chi connectivity index (χ4n) is 2.43. The van der Waals surface area contributed by atoms with E-state index in [1.54, 1.807) is 4.52 Å². The van der Waals surface area contributed by atoms with Crippen LogP contribution in [0.2, 0.25) is 0 Å². The second kappa shape index (κ2) is 4.11. The van der Waals surface area contributed by atoms with E-state index in [2.05, 4.69) is 15.1 Å². The highest BCUT2D eigenvalue weighted by molar-refractivity contribution is 5.54. The lowest BCUT2D eigenvalue weighted by atomic mass is 10.1. The molecule has 3 rings (SSSR count). The number of fused-ring (bicyclic) bond motifs is 1. The number of piperidine rings is 1. The topological polar surface area (TPSA) is 46.3 Å². The number of aromatic nitrogens is 4. The van der Waals surface area contributed by atoms with Gasteiger partial charge >= 0.3 is 0 Å². The number of halogens is 2. The van der Waals surface area contributed by atoms with Gasteiger partial charge in [0.1, 0.15) is 12.1 Å². The fourth-order valence-corrected chi connectivity index (χ4v) is 2.43. The minimum atomic E-state index is -2.55. The van der Waals surface area contributed by atoms with Gasteiger partial charge in [0.05, 0.1) is 0 Å². The molecule has 0 aliphatic carbocycles. The lowest BCUT2D eigenvalue weighted by molar-refractivity contribution is -0.0222. The Morgan fingerprint density at radius 1 is 1.21 bits per heavy atom. The second-order valence-corrected chi connectivity index (χ2v) is 4.96. The van der Waals surface area contributed by atoms with Crippen LogP contribution in [-0.2, 0) is 0 Å². The molecule has 1 aliphatic heterocycles. The summed E-state index contributed by atoms with van der Waals surface area (Å²) in [5, 5.41) is 4.15. The van der Waals surface area contributed by atoms with E-state index in [1.807, 2.05) is 18.7 Å². The molecular formula is C12H15F2N5. The number of nitrogens with zero attached hydrogens (tertiary/aromatic N) is 5. The predicted octanol–water partition coefficient (Wildman–Crippen LogP) is 1.98. The minimum absolute atomic E-state index is 0.121. The molecule has 1 fully saturated rings. The van der Waals surface area contributed by atoms with Crippen molar-refractivity contribution in [2.45, 2.75) is 32.6 Å². The van der Waals surface area contributed by atoms with Gasteiger partial charge in [0, 0.05) is 37.2 Å². The molecule has 5 nitrogen and oxygen atoms in total. The summed E-state index contributed by atoms with van der Waals surface area (Å²) in [5.41, 5.74) is 1.82. The van der Waals surface area contributed by atoms with Gasteiger partial charge in [-0.15, -0.1) is 0 Å². The van der Waals surface area contributed by atoms with E-state index >= 15 is 0 Å². The largest absolute Gasteiger partial charge is 0.356 e. The van der Waals surface area contributed by atoms with Gasteiger partial charge in [0.25, 0.3) is 11.7 Å². The maximum atomic E-state index is 13.3. The summed E-state index contributed by atoms with van der Waals surface area (Å²) in [5.74, 6) is -1.21. The first-order chi connectivity index (χ1) is 8.98. The number of rotatable bonds is 1. The number of hydrogen-bond donors (Lipinski definition) is 0. The first kappa shape index (κ1) is 12.3. The number of hydrogen-bond acceptors (Lipinski definition) is 4. The van der Waals surface area contributed by atoms with Gasteiger partial charge in [-0.2, -0.15) is 14.6 Å². The van der Waals surface area contributed by atoms with Crippen LogP contribution >= 0.6 is 0 Å². The Morgan fingerprint density at radius 3 is 2.58 bits per heavy atom. The molecule has 0 unspecified atom stereocenters. The van der Waals surface area contributed by atoms with Gasteiger partial charge in [0.2, 0.25) is 0 Å². The molecule has 102 valence electrons. The average molecular weight is 267 g/mol. The number of aryl methyl sites for hydroxylation is 1. The maximum Gasteiger partial charge on any atom is 0.254 e. The van der Waals surface area contributed by atoms with Crippen molar-refractivity contribution in [2.24, 2.45) is 0 Å². The quantitative estimate of drug-likeness (QED) is 0.792. The van der Waals surface area contributed by atoms with Crippen molar-refractivity contribution >= 4 is 11.6 Å². The smallest absolute Gasteiger partial charge is 0.254 e. The van der Waals surface area contributed by atoms with E-state index < -0.39 is 5.92 Å². The Hall–Kier alpha value is -1.79. The molecule has 3 heterocycles. The van der Waals surface area contributed by atoms with Crippen molar-refractivity contribution in [3.63, 3.8) is 0 Å². The van der Waals surface area contributed by atoms with Crippen LogP contribution in [0.5, 0.6) is 0 Å². The molecule has 1 aliphatic rings. The third-order valence-electron chi connectivity index (χ3n) is 3.67. The molecule has 0 aromatic carbocycles. The Labute approximate surface area is 109 Å². The Bertz CT molecular complexity index is 612. The number of alkyl halides is 2. The van der Waals surface area contributed by atoms with Crippen LogP contribution in [0, 0.1) is 13.8 Å². The molecule has 0 atom stereocenters. The zero-order valence-corrected chi connectivity index (χ0v) is 10.9. The fraction of sp³-hybridized carbons (Fsp3) is 0.583. The summed E-state index contributed by atoms with van der Waals surface area (Å²) in [4.78, 5) is 10.4. The molecule has 0 N–H and O–H groups in total. The van der Waals surface area contributed by atoms with Crippen LogP contribution in [0.4, 0.5) is 14.6 Å². The third-order valence-corrected chi connectivity index (χ3v) is 3.67. The van der Waals surface area contributed by atoms with Crippen molar-refractivity contribution < 1.29 is 8.78 Å². The van der Waals surface area contributed by atoms with E-state index in [0.717, 1.165) is 17.1 Å². The van der Waals surface area contributed by atoms with E-state index in [-0.39, 0.29) is 12.8 Å². The average Bonchev–Trinajstić information content (AvgIpc) is 2.79. The van der Waals surface area contributed by atoms with Gasteiger partial charge in [0.15, 0.2) is 0 Å². The Balaban J connectivity index is 2.05. The molecule has 0 radical (unpaired) electrons. The van der Waals surface area contributed by atoms with Crippen LogP contribution in [0.25, 0.3) is 5.78 Å². The molecular weight excluding hydrogens is 252 g/mol. The van der Waals surface area contributed by atoms with Crippen molar-refractivity contribution in [2.75, 3.05) is 18.0 Å². The summed E-state index contributed by atoms with van der Waals surface area (Å²) in [7, 11) is 0. The number of anilines is 1. The van der Waals surface area contributed by atoms with Crippen LogP contribution in [0.15, 0.2) is 6.33 Å². The SMILES string of the molecule is Cc1nc2ncnn2c(N2CCC(F)(F)CC2)c1C. The Kier molecular flexibility index (Phi) is 2.65. The third kappa shape index (κ3) is 2.02. The minimum Gasteiger partial charge on any atom is -0.356 e. The molecule has 1 saturated heterocycles. The standard InChI is InChI=1S/C12H15F2N5/c1-8-9(2)17-11-15-7-16-19(11)10(8)18-5-3-12(13,14)4-6-18/h7H,3-6H2,1-2H3. The molecule has 7 heteroatoms. The summed E-state index contributed by atoms with van der Waals surface area (Å²) in [6.45, 7) is 4.48. The van der Waals surface area contributed by atoms with Crippen molar-refractivity contribution in [1.82, 2.24) is 19.6 Å². The lowest BCUT2D eigenvalue weighted by Gasteiger charge is -2.34. The van der Waals surface area contributed by atoms with Crippen LogP contribution < -0.4 is 4.90 Å². The van der Waals surface area contributed by atoms with Gasteiger partial charge in [-0.3, -0.25) is 0 Å². The van der Waals surface area contributed by atoms with Gasteiger partial charge in [-0.25, -0.2) is 13.8 Å². The van der Waals surface area contributed by atoms with Crippen molar-refractivity contribution in [3.05, 3.63) is 17.6 Å². The molecule has 0 bridgehead atoms. The second-order valence-electron chi connectivity index (χ2n) is 4.96. The van der Waals surface area contributed by atoms with E-state index in [0.29, 0.717) is 18.9 Å². The monoisotopic (exact) mass is 267 g/mol. The molecule has 19 heavy (non-hydrogen) atoms. The summed E-state index contributed by atoms with van der Waals surface area (Å²) < 4.78 is 28.1. The van der Waals surface area contributed by atoms with Crippen LogP contribution in [-0.4, -0.2) is 38.6 Å².